The lowest BCUT2D eigenvalue weighted by atomic mass is 10.2. The molecule has 21 heavy (non-hydrogen) atoms. The third-order valence-electron chi connectivity index (χ3n) is 3.59. The Bertz CT molecular complexity index is 523. The predicted molar refractivity (Wildman–Crippen MR) is 88.8 cm³/mol. The third-order valence-corrected chi connectivity index (χ3v) is 4.15. The highest BCUT2D eigenvalue weighted by Gasteiger charge is 2.18. The number of hydrogen-bond acceptors (Lipinski definition) is 2. The minimum Gasteiger partial charge on any atom is -0.337 e. The fourth-order valence-electron chi connectivity index (χ4n) is 2.41. The van der Waals surface area contributed by atoms with Gasteiger partial charge in [-0.3, -0.25) is 9.69 Å². The summed E-state index contributed by atoms with van der Waals surface area (Å²) in [7, 11) is 0. The zero-order valence-corrected chi connectivity index (χ0v) is 13.7. The molecule has 1 aromatic rings. The highest BCUT2D eigenvalue weighted by atomic mass is 35.5. The second kappa shape index (κ2) is 7.83. The van der Waals surface area contributed by atoms with Crippen LogP contribution in [-0.2, 0) is 4.79 Å². The lowest BCUT2D eigenvalue weighted by Crippen LogP contribution is -2.48. The van der Waals surface area contributed by atoms with E-state index in [1.807, 2.05) is 11.0 Å². The van der Waals surface area contributed by atoms with Gasteiger partial charge in [-0.25, -0.2) is 0 Å². The molecule has 0 atom stereocenters. The fraction of sp³-hybridized carbons (Fsp3) is 0.438. The summed E-state index contributed by atoms with van der Waals surface area (Å²) in [5, 5.41) is 1.15. The molecule has 1 aliphatic heterocycles. The lowest BCUT2D eigenvalue weighted by molar-refractivity contribution is -0.127. The van der Waals surface area contributed by atoms with Gasteiger partial charge in [0.25, 0.3) is 0 Å². The van der Waals surface area contributed by atoms with Crippen molar-refractivity contribution in [2.24, 2.45) is 0 Å². The van der Waals surface area contributed by atoms with Gasteiger partial charge in [0.2, 0.25) is 5.91 Å². The van der Waals surface area contributed by atoms with E-state index >= 15 is 0 Å². The van der Waals surface area contributed by atoms with Gasteiger partial charge in [-0.1, -0.05) is 36.2 Å². The van der Waals surface area contributed by atoms with Crippen LogP contribution in [0.25, 0.3) is 6.08 Å². The summed E-state index contributed by atoms with van der Waals surface area (Å²) < 4.78 is 0. The summed E-state index contributed by atoms with van der Waals surface area (Å²) in [5.41, 5.74) is 0.805. The van der Waals surface area contributed by atoms with E-state index < -0.39 is 0 Å². The maximum absolute atomic E-state index is 12.2. The maximum Gasteiger partial charge on any atom is 0.246 e. The molecule has 3 nitrogen and oxygen atoms in total. The van der Waals surface area contributed by atoms with Crippen molar-refractivity contribution in [1.82, 2.24) is 9.80 Å². The molecule has 0 N–H and O–H groups in total. The highest BCUT2D eigenvalue weighted by molar-refractivity contribution is 6.35. The fourth-order valence-corrected chi connectivity index (χ4v) is 2.88. The van der Waals surface area contributed by atoms with Crippen LogP contribution in [0.15, 0.2) is 24.3 Å². The van der Waals surface area contributed by atoms with Crippen molar-refractivity contribution in [3.63, 3.8) is 0 Å². The number of carbonyl (C=O) groups is 1. The predicted octanol–water partition coefficient (Wildman–Crippen LogP) is 3.56. The molecule has 0 aromatic heterocycles. The number of hydrogen-bond donors (Lipinski definition) is 0. The first-order valence-electron chi connectivity index (χ1n) is 7.24. The van der Waals surface area contributed by atoms with E-state index in [0.717, 1.165) is 44.7 Å². The van der Waals surface area contributed by atoms with Gasteiger partial charge in [0.15, 0.2) is 0 Å². The van der Waals surface area contributed by atoms with E-state index in [1.54, 1.807) is 24.3 Å². The average molecular weight is 327 g/mol. The van der Waals surface area contributed by atoms with Gasteiger partial charge in [0.05, 0.1) is 0 Å². The summed E-state index contributed by atoms with van der Waals surface area (Å²) >= 11 is 11.9. The van der Waals surface area contributed by atoms with Gasteiger partial charge in [-0.05, 0) is 36.7 Å². The Balaban J connectivity index is 1.91. The molecule has 1 aromatic carbocycles. The van der Waals surface area contributed by atoms with Crippen molar-refractivity contribution >= 4 is 35.2 Å². The number of rotatable bonds is 4. The van der Waals surface area contributed by atoms with Gasteiger partial charge >= 0.3 is 0 Å². The van der Waals surface area contributed by atoms with E-state index in [0.29, 0.717) is 10.0 Å². The van der Waals surface area contributed by atoms with Crippen molar-refractivity contribution in [2.45, 2.75) is 13.3 Å². The number of halogens is 2. The normalized spacial score (nSPS) is 16.6. The molecule has 0 spiro atoms. The molecule has 5 heteroatoms. The number of benzene rings is 1. The molecule has 0 saturated carbocycles. The molecule has 0 bridgehead atoms. The summed E-state index contributed by atoms with van der Waals surface area (Å²) in [6.45, 7) is 6.77. The van der Waals surface area contributed by atoms with Crippen LogP contribution < -0.4 is 0 Å². The van der Waals surface area contributed by atoms with E-state index in [-0.39, 0.29) is 5.91 Å². The first-order chi connectivity index (χ1) is 10.1. The average Bonchev–Trinajstić information content (AvgIpc) is 2.47. The standard InChI is InChI=1S/C16H20Cl2N2O/c1-2-7-19-8-10-20(11-9-19)16(21)6-4-13-3-5-14(17)12-15(13)18/h3-6,12H,2,7-11H2,1H3/b6-4+. The minimum absolute atomic E-state index is 0.0390. The molecule has 0 radical (unpaired) electrons. The van der Waals surface area contributed by atoms with Crippen LogP contribution in [-0.4, -0.2) is 48.4 Å². The molecule has 114 valence electrons. The van der Waals surface area contributed by atoms with Crippen molar-refractivity contribution < 1.29 is 4.79 Å². The van der Waals surface area contributed by atoms with E-state index in [2.05, 4.69) is 11.8 Å². The van der Waals surface area contributed by atoms with Crippen molar-refractivity contribution in [1.29, 1.82) is 0 Å². The third kappa shape index (κ3) is 4.73. The Labute approximate surface area is 136 Å². The van der Waals surface area contributed by atoms with Crippen molar-refractivity contribution in [3.8, 4) is 0 Å². The van der Waals surface area contributed by atoms with Crippen LogP contribution in [0.5, 0.6) is 0 Å². The number of amides is 1. The van der Waals surface area contributed by atoms with Crippen LogP contribution >= 0.6 is 23.2 Å². The van der Waals surface area contributed by atoms with Crippen molar-refractivity contribution in [2.75, 3.05) is 32.7 Å². The van der Waals surface area contributed by atoms with Gasteiger partial charge in [0.1, 0.15) is 0 Å². The van der Waals surface area contributed by atoms with Gasteiger partial charge in [-0.15, -0.1) is 0 Å². The maximum atomic E-state index is 12.2. The Morgan fingerprint density at radius 3 is 2.57 bits per heavy atom. The second-order valence-electron chi connectivity index (χ2n) is 5.17. The molecular formula is C16H20Cl2N2O. The van der Waals surface area contributed by atoms with Gasteiger partial charge < -0.3 is 4.90 Å². The summed E-state index contributed by atoms with van der Waals surface area (Å²) in [6.07, 6.45) is 4.49. The summed E-state index contributed by atoms with van der Waals surface area (Å²) in [5.74, 6) is 0.0390. The first-order valence-corrected chi connectivity index (χ1v) is 8.00. The van der Waals surface area contributed by atoms with Crippen LogP contribution in [0, 0.1) is 0 Å². The molecule has 2 rings (SSSR count). The Kier molecular flexibility index (Phi) is 6.09. The van der Waals surface area contributed by atoms with Gasteiger partial charge in [0, 0.05) is 42.3 Å². The monoisotopic (exact) mass is 326 g/mol. The largest absolute Gasteiger partial charge is 0.337 e. The summed E-state index contributed by atoms with van der Waals surface area (Å²) in [4.78, 5) is 16.4. The topological polar surface area (TPSA) is 23.6 Å². The smallest absolute Gasteiger partial charge is 0.246 e. The molecule has 0 aliphatic carbocycles. The zero-order chi connectivity index (χ0) is 15.2. The SMILES string of the molecule is CCCN1CCN(C(=O)/C=C/c2ccc(Cl)cc2Cl)CC1. The second-order valence-corrected chi connectivity index (χ2v) is 6.01. The summed E-state index contributed by atoms with van der Waals surface area (Å²) in [6, 6.07) is 5.26. The Morgan fingerprint density at radius 2 is 1.95 bits per heavy atom. The molecule has 1 fully saturated rings. The molecule has 1 amide bonds. The quantitative estimate of drug-likeness (QED) is 0.790. The van der Waals surface area contributed by atoms with Crippen LogP contribution in [0.3, 0.4) is 0 Å². The van der Waals surface area contributed by atoms with Crippen molar-refractivity contribution in [3.05, 3.63) is 39.9 Å². The first kappa shape index (κ1) is 16.3. The van der Waals surface area contributed by atoms with Gasteiger partial charge in [-0.2, -0.15) is 0 Å². The van der Waals surface area contributed by atoms with Crippen LogP contribution in [0.4, 0.5) is 0 Å². The molecule has 1 aliphatic rings. The molecule has 1 heterocycles. The number of nitrogens with zero attached hydrogens (tertiary/aromatic N) is 2. The number of carbonyl (C=O) groups excluding carboxylic acids is 1. The lowest BCUT2D eigenvalue weighted by Gasteiger charge is -2.34. The van der Waals surface area contributed by atoms with Crippen LogP contribution in [0.1, 0.15) is 18.9 Å². The molecule has 0 unspecified atom stereocenters. The van der Waals surface area contributed by atoms with E-state index in [1.165, 1.54) is 0 Å². The molecular weight excluding hydrogens is 307 g/mol. The highest BCUT2D eigenvalue weighted by Crippen LogP contribution is 2.22. The molecule has 1 saturated heterocycles. The van der Waals surface area contributed by atoms with Crippen LogP contribution in [0.2, 0.25) is 10.0 Å². The van der Waals surface area contributed by atoms with E-state index in [4.69, 9.17) is 23.2 Å². The Hall–Kier alpha value is -1.03. The van der Waals surface area contributed by atoms with E-state index in [9.17, 15) is 4.79 Å². The number of piperazine rings is 1. The zero-order valence-electron chi connectivity index (χ0n) is 12.2. The minimum atomic E-state index is 0.0390. The Morgan fingerprint density at radius 1 is 1.24 bits per heavy atom.